The molecule has 0 bridgehead atoms. The minimum absolute atomic E-state index is 0.835. The summed E-state index contributed by atoms with van der Waals surface area (Å²) in [7, 11) is 0. The van der Waals surface area contributed by atoms with Gasteiger partial charge in [-0.15, -0.1) is 0 Å². The lowest BCUT2D eigenvalue weighted by atomic mass is 10.2. The molecule has 0 unspecified atom stereocenters. The number of rotatable bonds is 2. The predicted octanol–water partition coefficient (Wildman–Crippen LogP) is 2.62. The van der Waals surface area contributed by atoms with Crippen molar-refractivity contribution >= 4 is 15.9 Å². The molecule has 0 spiro atoms. The first-order chi connectivity index (χ1) is 8.33. The Morgan fingerprint density at radius 2 is 1.41 bits per heavy atom. The van der Waals surface area contributed by atoms with Crippen LogP contribution in [0.2, 0.25) is 0 Å². The van der Waals surface area contributed by atoms with E-state index in [9.17, 15) is 0 Å². The molecule has 0 saturated carbocycles. The molecule has 0 fully saturated rings. The van der Waals surface area contributed by atoms with E-state index < -0.39 is 0 Å². The molecule has 6 heteroatoms. The van der Waals surface area contributed by atoms with Crippen molar-refractivity contribution in [1.29, 1.82) is 0 Å². The molecule has 3 aromatic heterocycles. The van der Waals surface area contributed by atoms with Gasteiger partial charge in [0.05, 0.1) is 22.8 Å². The molecule has 0 aliphatic heterocycles. The lowest BCUT2D eigenvalue weighted by Crippen LogP contribution is -1.89. The zero-order valence-electron chi connectivity index (χ0n) is 8.68. The van der Waals surface area contributed by atoms with Gasteiger partial charge in [-0.3, -0.25) is 10.2 Å². The molecular weight excluding hydrogens is 282 g/mol. The molecule has 0 aromatic carbocycles. The molecular formula is C11H8BrN5. The van der Waals surface area contributed by atoms with Crippen LogP contribution >= 0.6 is 15.9 Å². The third-order valence-electron chi connectivity index (χ3n) is 2.34. The van der Waals surface area contributed by atoms with E-state index in [0.29, 0.717) is 0 Å². The highest BCUT2D eigenvalue weighted by Crippen LogP contribution is 2.24. The largest absolute Gasteiger partial charge is 0.276 e. The van der Waals surface area contributed by atoms with E-state index in [-0.39, 0.29) is 0 Å². The van der Waals surface area contributed by atoms with Crippen molar-refractivity contribution in [1.82, 2.24) is 25.4 Å². The number of aromatic nitrogens is 5. The SMILES string of the molecule is Brc1cc(-c2ccn[nH]2)nc(-c2ccn[nH]2)c1. The van der Waals surface area contributed by atoms with E-state index in [1.54, 1.807) is 12.4 Å². The van der Waals surface area contributed by atoms with Crippen molar-refractivity contribution in [2.75, 3.05) is 0 Å². The average molecular weight is 290 g/mol. The fourth-order valence-electron chi connectivity index (χ4n) is 1.57. The van der Waals surface area contributed by atoms with Crippen LogP contribution in [0.1, 0.15) is 0 Å². The number of halogens is 1. The van der Waals surface area contributed by atoms with Crippen LogP contribution in [0.25, 0.3) is 22.8 Å². The number of nitrogens with one attached hydrogen (secondary N) is 2. The quantitative estimate of drug-likeness (QED) is 0.762. The average Bonchev–Trinajstić information content (AvgIpc) is 3.02. The van der Waals surface area contributed by atoms with Gasteiger partial charge in [0.15, 0.2) is 0 Å². The van der Waals surface area contributed by atoms with Crippen LogP contribution in [0.5, 0.6) is 0 Å². The Morgan fingerprint density at radius 3 is 1.82 bits per heavy atom. The lowest BCUT2D eigenvalue weighted by Gasteiger charge is -2.02. The fourth-order valence-corrected chi connectivity index (χ4v) is 2.00. The van der Waals surface area contributed by atoms with E-state index >= 15 is 0 Å². The van der Waals surface area contributed by atoms with Crippen LogP contribution in [-0.2, 0) is 0 Å². The Hall–Kier alpha value is -1.95. The lowest BCUT2D eigenvalue weighted by molar-refractivity contribution is 1.07. The van der Waals surface area contributed by atoms with E-state index in [1.807, 2.05) is 24.3 Å². The monoisotopic (exact) mass is 289 g/mol. The van der Waals surface area contributed by atoms with Gasteiger partial charge >= 0.3 is 0 Å². The number of hydrogen-bond donors (Lipinski definition) is 2. The Labute approximate surface area is 105 Å². The van der Waals surface area contributed by atoms with Crippen LogP contribution < -0.4 is 0 Å². The highest BCUT2D eigenvalue weighted by molar-refractivity contribution is 9.10. The van der Waals surface area contributed by atoms with E-state index in [4.69, 9.17) is 0 Å². The number of nitrogens with zero attached hydrogens (tertiary/aromatic N) is 3. The molecule has 2 N–H and O–H groups in total. The van der Waals surface area contributed by atoms with Crippen LogP contribution in [-0.4, -0.2) is 25.4 Å². The van der Waals surface area contributed by atoms with E-state index in [0.717, 1.165) is 27.2 Å². The van der Waals surface area contributed by atoms with Crippen molar-refractivity contribution in [3.05, 3.63) is 41.1 Å². The first-order valence-corrected chi connectivity index (χ1v) is 5.79. The van der Waals surface area contributed by atoms with Crippen LogP contribution in [0.15, 0.2) is 41.1 Å². The van der Waals surface area contributed by atoms with Gasteiger partial charge in [0.2, 0.25) is 0 Å². The molecule has 3 rings (SSSR count). The summed E-state index contributed by atoms with van der Waals surface area (Å²) in [5.41, 5.74) is 3.43. The zero-order valence-corrected chi connectivity index (χ0v) is 10.3. The van der Waals surface area contributed by atoms with Gasteiger partial charge in [-0.1, -0.05) is 15.9 Å². The van der Waals surface area contributed by atoms with Crippen LogP contribution in [0.4, 0.5) is 0 Å². The van der Waals surface area contributed by atoms with Crippen molar-refractivity contribution in [3.63, 3.8) is 0 Å². The molecule has 84 valence electrons. The first-order valence-electron chi connectivity index (χ1n) is 5.00. The van der Waals surface area contributed by atoms with Gasteiger partial charge in [-0.05, 0) is 24.3 Å². The minimum Gasteiger partial charge on any atom is -0.276 e. The summed E-state index contributed by atoms with van der Waals surface area (Å²) in [6.45, 7) is 0. The maximum absolute atomic E-state index is 4.55. The van der Waals surface area contributed by atoms with Crippen molar-refractivity contribution in [2.45, 2.75) is 0 Å². The summed E-state index contributed by atoms with van der Waals surface area (Å²) in [5.74, 6) is 0. The summed E-state index contributed by atoms with van der Waals surface area (Å²) in [6, 6.07) is 7.64. The summed E-state index contributed by atoms with van der Waals surface area (Å²) in [6.07, 6.45) is 3.40. The summed E-state index contributed by atoms with van der Waals surface area (Å²) >= 11 is 3.48. The smallest absolute Gasteiger partial charge is 0.0899 e. The van der Waals surface area contributed by atoms with Crippen molar-refractivity contribution < 1.29 is 0 Å². The van der Waals surface area contributed by atoms with Gasteiger partial charge in [0.25, 0.3) is 0 Å². The Morgan fingerprint density at radius 1 is 0.882 bits per heavy atom. The molecule has 0 amide bonds. The van der Waals surface area contributed by atoms with Gasteiger partial charge in [0.1, 0.15) is 0 Å². The van der Waals surface area contributed by atoms with Gasteiger partial charge in [0, 0.05) is 16.9 Å². The summed E-state index contributed by atoms with van der Waals surface area (Å²) in [4.78, 5) is 4.55. The summed E-state index contributed by atoms with van der Waals surface area (Å²) < 4.78 is 0.960. The summed E-state index contributed by atoms with van der Waals surface area (Å²) in [5, 5.41) is 13.6. The molecule has 0 aliphatic rings. The van der Waals surface area contributed by atoms with Crippen molar-refractivity contribution in [2.24, 2.45) is 0 Å². The number of pyridine rings is 1. The molecule has 3 aromatic rings. The van der Waals surface area contributed by atoms with Crippen molar-refractivity contribution in [3.8, 4) is 22.8 Å². The Balaban J connectivity index is 2.13. The maximum atomic E-state index is 4.55. The Bertz CT molecular complexity index is 563. The standard InChI is InChI=1S/C11H8BrN5/c12-7-5-10(8-1-3-13-16-8)15-11(6-7)9-2-4-14-17-9/h1-6H,(H,13,16)(H,14,17). The van der Waals surface area contributed by atoms with Crippen LogP contribution in [0.3, 0.4) is 0 Å². The normalized spacial score (nSPS) is 10.6. The second-order valence-corrected chi connectivity index (χ2v) is 4.41. The second kappa shape index (κ2) is 4.14. The number of H-pyrrole nitrogens is 2. The topological polar surface area (TPSA) is 70.2 Å². The van der Waals surface area contributed by atoms with E-state index in [2.05, 4.69) is 41.3 Å². The van der Waals surface area contributed by atoms with Gasteiger partial charge in [-0.2, -0.15) is 10.2 Å². The first kappa shape index (κ1) is 10.2. The molecule has 0 radical (unpaired) electrons. The Kier molecular flexibility index (Phi) is 2.49. The zero-order chi connectivity index (χ0) is 11.7. The van der Waals surface area contributed by atoms with Crippen LogP contribution in [0, 0.1) is 0 Å². The van der Waals surface area contributed by atoms with Gasteiger partial charge < -0.3 is 0 Å². The molecule has 0 aliphatic carbocycles. The number of aromatic amines is 2. The predicted molar refractivity (Wildman–Crippen MR) is 67.1 cm³/mol. The van der Waals surface area contributed by atoms with Gasteiger partial charge in [-0.25, -0.2) is 4.98 Å². The fraction of sp³-hybridized carbons (Fsp3) is 0. The molecule has 3 heterocycles. The maximum Gasteiger partial charge on any atom is 0.0899 e. The molecule has 5 nitrogen and oxygen atoms in total. The van der Waals surface area contributed by atoms with E-state index in [1.165, 1.54) is 0 Å². The second-order valence-electron chi connectivity index (χ2n) is 3.50. The third kappa shape index (κ3) is 1.99. The highest BCUT2D eigenvalue weighted by Gasteiger charge is 2.07. The third-order valence-corrected chi connectivity index (χ3v) is 2.80. The number of hydrogen-bond acceptors (Lipinski definition) is 3. The molecule has 17 heavy (non-hydrogen) atoms. The highest BCUT2D eigenvalue weighted by atomic mass is 79.9. The molecule has 0 saturated heterocycles. The molecule has 0 atom stereocenters. The minimum atomic E-state index is 0.835.